The van der Waals surface area contributed by atoms with Crippen molar-refractivity contribution in [3.8, 4) is 28.6 Å². The molecule has 1 fully saturated rings. The maximum absolute atomic E-state index is 14.0. The molecule has 1 saturated carbocycles. The summed E-state index contributed by atoms with van der Waals surface area (Å²) in [5, 5.41) is 56.9. The predicted molar refractivity (Wildman–Crippen MR) is 245 cm³/mol. The third kappa shape index (κ3) is 10.4. The van der Waals surface area contributed by atoms with Crippen LogP contribution in [0.1, 0.15) is 64.4 Å². The summed E-state index contributed by atoms with van der Waals surface area (Å²) in [4.78, 5) is 61.1. The van der Waals surface area contributed by atoms with Crippen LogP contribution in [0.25, 0.3) is 32.7 Å². The monoisotopic (exact) mass is 1010 g/mol. The van der Waals surface area contributed by atoms with Crippen molar-refractivity contribution in [2.45, 2.75) is 82.2 Å². The number of carbonyl (C=O) groups is 3. The van der Waals surface area contributed by atoms with Gasteiger partial charge in [-0.2, -0.15) is 0 Å². The van der Waals surface area contributed by atoms with E-state index in [1.165, 1.54) is 34.7 Å². The lowest BCUT2D eigenvalue weighted by atomic mass is 9.81. The molecule has 8 rings (SSSR count). The molecule has 0 radical (unpaired) electrons. The summed E-state index contributed by atoms with van der Waals surface area (Å²) in [6.45, 7) is 3.14. The van der Waals surface area contributed by atoms with Crippen LogP contribution in [0.15, 0.2) is 46.3 Å². The smallest absolute Gasteiger partial charge is 0.484 e. The number of amides is 1. The molecular weight excluding hydrogens is 957 g/mol. The fourth-order valence-electron chi connectivity index (χ4n) is 9.33. The summed E-state index contributed by atoms with van der Waals surface area (Å²) in [6, 6.07) is 7.98. The topological polar surface area (TPSA) is 338 Å². The number of hydrogen-bond acceptors (Lipinski definition) is 19. The van der Waals surface area contributed by atoms with Gasteiger partial charge in [-0.15, -0.1) is 8.42 Å². The molecule has 0 bridgehead atoms. The number of carboxylic acids is 1. The minimum atomic E-state index is -5.14. The molecule has 4 aromatic rings. The number of aliphatic hydroxyl groups excluding tert-OH is 3. The second kappa shape index (κ2) is 21.1. The molecule has 0 spiro atoms. The number of aromatic nitrogens is 2. The summed E-state index contributed by atoms with van der Waals surface area (Å²) in [6.07, 6.45) is -5.90. The number of nitrogens with zero attached hydrogens (tertiary/aromatic N) is 6. The Labute approximate surface area is 405 Å². The number of fused-ring (bicyclic) bond motifs is 5. The van der Waals surface area contributed by atoms with Gasteiger partial charge in [0, 0.05) is 59.6 Å². The van der Waals surface area contributed by atoms with Crippen molar-refractivity contribution >= 4 is 39.1 Å². The zero-order chi connectivity index (χ0) is 50.8. The molecule has 2 aromatic heterocycles. The van der Waals surface area contributed by atoms with Crippen molar-refractivity contribution in [3.05, 3.63) is 90.6 Å². The summed E-state index contributed by atoms with van der Waals surface area (Å²) in [7, 11) is -3.66. The average molecular weight is 1010 g/mol. The van der Waals surface area contributed by atoms with Crippen LogP contribution in [0, 0.1) is 5.92 Å². The van der Waals surface area contributed by atoms with Gasteiger partial charge in [0.15, 0.2) is 17.1 Å². The van der Waals surface area contributed by atoms with Gasteiger partial charge in [0.25, 0.3) is 11.5 Å². The molecule has 1 amide bonds. The summed E-state index contributed by atoms with van der Waals surface area (Å²) >= 11 is 0. The number of aryl methyl sites for hydroxylation is 2. The van der Waals surface area contributed by atoms with E-state index >= 15 is 0 Å². The molecule has 2 aliphatic heterocycles. The van der Waals surface area contributed by atoms with Crippen LogP contribution in [0.2, 0.25) is 0 Å². The number of esters is 1. The van der Waals surface area contributed by atoms with Gasteiger partial charge in [-0.3, -0.25) is 14.4 Å². The average Bonchev–Trinajstić information content (AvgIpc) is 3.72. The first kappa shape index (κ1) is 51.0. The highest BCUT2D eigenvalue weighted by Crippen LogP contribution is 2.44. The number of carbonyl (C=O) groups excluding carboxylic acids is 2. The van der Waals surface area contributed by atoms with E-state index < -0.39 is 87.7 Å². The van der Waals surface area contributed by atoms with Crippen LogP contribution in [0.4, 0.5) is 0 Å². The second-order valence-corrected chi connectivity index (χ2v) is 18.6. The number of pyridine rings is 2. The van der Waals surface area contributed by atoms with Crippen molar-refractivity contribution in [2.75, 3.05) is 59.8 Å². The fourth-order valence-corrected chi connectivity index (χ4v) is 10.0. The molecule has 2 aliphatic carbocycles. The first-order valence-electron chi connectivity index (χ1n) is 22.8. The maximum atomic E-state index is 14.0. The van der Waals surface area contributed by atoms with Crippen LogP contribution in [-0.2, 0) is 70.5 Å². The number of aliphatic hydroxyl groups is 4. The molecule has 24 nitrogen and oxygen atoms in total. The number of azide groups is 1. The van der Waals surface area contributed by atoms with E-state index in [0.717, 1.165) is 28.6 Å². The Morgan fingerprint density at radius 3 is 2.39 bits per heavy atom. The SMILES string of the molecule is CC[C@@]1(O)C(=O)OCc2c1cc1n(c2=O)Cc2c-1nc1cc(OS(=O)(=O)Oc3cc(C(=O)N(C)CCOCCOCCOCCN=[N+]=[N-])ccc3O[C@@H]3C[C@H](C(=O)O)[C@@H](O)[C@H](O)[C@H]3O)cc3c1c2CCC3. The van der Waals surface area contributed by atoms with Crippen molar-refractivity contribution in [1.29, 1.82) is 0 Å². The van der Waals surface area contributed by atoms with Crippen LogP contribution in [-0.4, -0.2) is 150 Å². The first-order chi connectivity index (χ1) is 34.0. The number of hydrogen-bond donors (Lipinski definition) is 5. The lowest BCUT2D eigenvalue weighted by molar-refractivity contribution is -0.174. The summed E-state index contributed by atoms with van der Waals surface area (Å²) < 4.78 is 67.9. The number of likely N-dealkylation sites (N-methyl/N-ethyl adjacent to an activating group) is 1. The van der Waals surface area contributed by atoms with Crippen molar-refractivity contribution < 1.29 is 80.4 Å². The fraction of sp³-hybridized carbons (Fsp3) is 0.500. The third-order valence-corrected chi connectivity index (χ3v) is 13.8. The minimum absolute atomic E-state index is 0.0483. The molecule has 0 unspecified atom stereocenters. The van der Waals surface area contributed by atoms with E-state index in [-0.39, 0.29) is 88.1 Å². The van der Waals surface area contributed by atoms with Gasteiger partial charge in [-0.25, -0.2) is 9.78 Å². The molecule has 4 aliphatic rings. The highest BCUT2D eigenvalue weighted by Gasteiger charge is 2.48. The molecule has 71 heavy (non-hydrogen) atoms. The second-order valence-electron chi connectivity index (χ2n) is 17.4. The van der Waals surface area contributed by atoms with E-state index in [1.807, 2.05) is 0 Å². The Hall–Kier alpha value is -6.41. The van der Waals surface area contributed by atoms with Crippen LogP contribution < -0.4 is 18.7 Å². The zero-order valence-corrected chi connectivity index (χ0v) is 39.4. The largest absolute Gasteiger partial charge is 0.501 e. The molecule has 5 N–H and O–H groups in total. The Balaban J connectivity index is 1.04. The summed E-state index contributed by atoms with van der Waals surface area (Å²) in [5.74, 6) is -5.75. The van der Waals surface area contributed by atoms with E-state index in [2.05, 4.69) is 10.0 Å². The van der Waals surface area contributed by atoms with E-state index in [0.29, 0.717) is 48.3 Å². The van der Waals surface area contributed by atoms with E-state index in [9.17, 15) is 53.1 Å². The van der Waals surface area contributed by atoms with Gasteiger partial charge in [-0.05, 0) is 72.7 Å². The zero-order valence-electron chi connectivity index (χ0n) is 38.6. The first-order valence-corrected chi connectivity index (χ1v) is 24.2. The number of ether oxygens (including phenoxy) is 5. The predicted octanol–water partition coefficient (Wildman–Crippen LogP) is 1.64. The Kier molecular flexibility index (Phi) is 15.2. The quantitative estimate of drug-likeness (QED) is 0.0229. The van der Waals surface area contributed by atoms with E-state index in [4.69, 9.17) is 42.6 Å². The summed E-state index contributed by atoms with van der Waals surface area (Å²) in [5.41, 5.74) is 9.50. The van der Waals surface area contributed by atoms with Crippen LogP contribution >= 0.6 is 0 Å². The maximum Gasteiger partial charge on any atom is 0.501 e. The molecule has 2 aromatic carbocycles. The molecule has 380 valence electrons. The van der Waals surface area contributed by atoms with Crippen molar-refractivity contribution in [1.82, 2.24) is 14.5 Å². The minimum Gasteiger partial charge on any atom is -0.484 e. The lowest BCUT2D eigenvalue weighted by Crippen LogP contribution is -2.57. The van der Waals surface area contributed by atoms with Gasteiger partial charge in [0.2, 0.25) is 0 Å². The highest BCUT2D eigenvalue weighted by atomic mass is 32.3. The number of cyclic esters (lactones) is 1. The van der Waals surface area contributed by atoms with E-state index in [1.54, 1.807) is 13.0 Å². The Bertz CT molecular complexity index is 2960. The van der Waals surface area contributed by atoms with Gasteiger partial charge in [0.05, 0.1) is 80.7 Å². The molecule has 4 heterocycles. The Morgan fingerprint density at radius 2 is 1.68 bits per heavy atom. The molecule has 25 heteroatoms. The van der Waals surface area contributed by atoms with Crippen LogP contribution in [0.5, 0.6) is 17.2 Å². The van der Waals surface area contributed by atoms with Crippen molar-refractivity contribution in [3.63, 3.8) is 0 Å². The normalized spacial score (nSPS) is 22.1. The van der Waals surface area contributed by atoms with Crippen LogP contribution in [0.3, 0.4) is 0 Å². The molecular formula is C46H52N6O18S. The third-order valence-electron chi connectivity index (χ3n) is 13.0. The van der Waals surface area contributed by atoms with Gasteiger partial charge < -0.3 is 67.1 Å². The van der Waals surface area contributed by atoms with Gasteiger partial charge in [0.1, 0.15) is 30.7 Å². The van der Waals surface area contributed by atoms with Gasteiger partial charge >= 0.3 is 22.3 Å². The number of benzene rings is 2. The molecule has 6 atom stereocenters. The number of carboxylic acid groups (broad SMARTS) is 1. The molecule has 0 saturated heterocycles. The van der Waals surface area contributed by atoms with Crippen molar-refractivity contribution in [2.24, 2.45) is 11.0 Å². The Morgan fingerprint density at radius 1 is 0.944 bits per heavy atom. The van der Waals surface area contributed by atoms with Gasteiger partial charge in [-0.1, -0.05) is 12.0 Å². The number of aliphatic carboxylic acids is 1. The highest BCUT2D eigenvalue weighted by molar-refractivity contribution is 7.82. The number of rotatable bonds is 21. The lowest BCUT2D eigenvalue weighted by Gasteiger charge is -2.38. The standard InChI is InChI=1S/C46H52N6O18S/c1-3-46(61)31-21-33-38-29(22-52(33)43(57)30(31)23-67-45(46)60)27-6-4-5-24-17-26(19-32(49-38)37(24)27)69-71(62,63)70-35-18-25(7-8-34(35)68-36-20-28(44(58)59)39(53)41(55)40(36)54)42(56)51(2)10-12-65-14-16-66-15-13-64-11-9-48-50-47/h7-8,17-19,21,28,36,39-41,53-55,61H,3-6,9-16,20,22-23H2,1-2H3,(H,58,59)/t28-,36+,39+,40-,41-,46-/m0/s1.